The lowest BCUT2D eigenvalue weighted by molar-refractivity contribution is 0.103. The van der Waals surface area contributed by atoms with Crippen molar-refractivity contribution in [2.75, 3.05) is 12.4 Å². The Kier molecular flexibility index (Phi) is 4.05. The van der Waals surface area contributed by atoms with Gasteiger partial charge in [0.15, 0.2) is 5.82 Å². The van der Waals surface area contributed by atoms with Gasteiger partial charge >= 0.3 is 0 Å². The third-order valence-corrected chi connectivity index (χ3v) is 3.28. The fourth-order valence-electron chi connectivity index (χ4n) is 2.16. The lowest BCUT2D eigenvalue weighted by atomic mass is 10.1. The van der Waals surface area contributed by atoms with Crippen LogP contribution in [-0.2, 0) is 0 Å². The Morgan fingerprint density at radius 1 is 1.13 bits per heavy atom. The van der Waals surface area contributed by atoms with E-state index in [2.05, 4.69) is 20.5 Å². The molecule has 0 unspecified atom stereocenters. The van der Waals surface area contributed by atoms with Crippen LogP contribution < -0.4 is 10.1 Å². The summed E-state index contributed by atoms with van der Waals surface area (Å²) in [5.41, 5.74) is 1.83. The minimum absolute atomic E-state index is 0.161. The van der Waals surface area contributed by atoms with Crippen molar-refractivity contribution in [3.63, 3.8) is 0 Å². The van der Waals surface area contributed by atoms with E-state index in [9.17, 15) is 4.79 Å². The van der Waals surface area contributed by atoms with E-state index >= 15 is 0 Å². The number of nitrogens with one attached hydrogen (secondary N) is 2. The number of H-pyrrole nitrogens is 1. The van der Waals surface area contributed by atoms with E-state index in [0.717, 1.165) is 5.69 Å². The van der Waals surface area contributed by atoms with Crippen LogP contribution in [0.2, 0.25) is 0 Å². The number of hydrogen-bond acceptors (Lipinski definition) is 5. The highest BCUT2D eigenvalue weighted by Gasteiger charge is 2.12. The summed E-state index contributed by atoms with van der Waals surface area (Å²) < 4.78 is 5.15. The van der Waals surface area contributed by atoms with E-state index in [4.69, 9.17) is 4.74 Å². The number of pyridine rings is 1. The first-order valence-corrected chi connectivity index (χ1v) is 7.10. The van der Waals surface area contributed by atoms with Crippen molar-refractivity contribution in [1.29, 1.82) is 0 Å². The van der Waals surface area contributed by atoms with Crippen LogP contribution in [0.1, 0.15) is 21.7 Å². The molecule has 0 amide bonds. The van der Waals surface area contributed by atoms with Crippen LogP contribution in [0.25, 0.3) is 0 Å². The largest absolute Gasteiger partial charge is 0.497 e. The van der Waals surface area contributed by atoms with Gasteiger partial charge in [0, 0.05) is 17.3 Å². The first kappa shape index (κ1) is 14.8. The van der Waals surface area contributed by atoms with E-state index in [1.165, 1.54) is 0 Å². The smallest absolute Gasteiger partial charge is 0.211 e. The molecule has 0 fully saturated rings. The second kappa shape index (κ2) is 6.31. The summed E-state index contributed by atoms with van der Waals surface area (Å²) in [7, 11) is 1.57. The number of hydrogen-bond donors (Lipinski definition) is 2. The van der Waals surface area contributed by atoms with Crippen LogP contribution >= 0.6 is 0 Å². The Labute approximate surface area is 133 Å². The van der Waals surface area contributed by atoms with Gasteiger partial charge in [0.05, 0.1) is 7.11 Å². The quantitative estimate of drug-likeness (QED) is 0.708. The summed E-state index contributed by atoms with van der Waals surface area (Å²) in [6, 6.07) is 14.1. The van der Waals surface area contributed by atoms with Crippen molar-refractivity contribution >= 4 is 17.4 Å². The Morgan fingerprint density at radius 2 is 1.96 bits per heavy atom. The molecule has 0 radical (unpaired) electrons. The van der Waals surface area contributed by atoms with Gasteiger partial charge in [-0.25, -0.2) is 4.98 Å². The highest BCUT2D eigenvalue weighted by Crippen LogP contribution is 2.18. The minimum Gasteiger partial charge on any atom is -0.497 e. The highest BCUT2D eigenvalue weighted by atomic mass is 16.5. The number of aromatic amines is 1. The van der Waals surface area contributed by atoms with E-state index < -0.39 is 0 Å². The normalized spacial score (nSPS) is 10.3. The molecule has 2 N–H and O–H groups in total. The molecule has 6 nitrogen and oxygen atoms in total. The molecule has 0 aliphatic rings. The first-order chi connectivity index (χ1) is 11.2. The van der Waals surface area contributed by atoms with Crippen LogP contribution in [-0.4, -0.2) is 28.1 Å². The van der Waals surface area contributed by atoms with Gasteiger partial charge in [0.25, 0.3) is 0 Å². The number of ether oxygens (including phenoxy) is 1. The number of methoxy groups -OCH3 is 1. The Hall–Kier alpha value is -3.15. The molecule has 0 bridgehead atoms. The number of nitrogens with zero attached hydrogens (tertiary/aromatic N) is 2. The summed E-state index contributed by atoms with van der Waals surface area (Å²) in [6.07, 6.45) is 0. The van der Waals surface area contributed by atoms with E-state index in [1.54, 1.807) is 49.6 Å². The molecule has 3 aromatic rings. The monoisotopic (exact) mass is 308 g/mol. The molecule has 3 rings (SSSR count). The number of rotatable bonds is 5. The van der Waals surface area contributed by atoms with Crippen LogP contribution in [0.3, 0.4) is 0 Å². The molecule has 0 atom stereocenters. The maximum atomic E-state index is 12.6. The van der Waals surface area contributed by atoms with Crippen molar-refractivity contribution in [3.8, 4) is 5.75 Å². The lowest BCUT2D eigenvalue weighted by Crippen LogP contribution is -2.06. The highest BCUT2D eigenvalue weighted by molar-refractivity contribution is 6.08. The maximum absolute atomic E-state index is 12.6. The summed E-state index contributed by atoms with van der Waals surface area (Å²) >= 11 is 0. The Morgan fingerprint density at radius 3 is 2.70 bits per heavy atom. The molecule has 0 saturated carbocycles. The zero-order valence-corrected chi connectivity index (χ0v) is 12.8. The summed E-state index contributed by atoms with van der Waals surface area (Å²) in [6.45, 7) is 1.91. The minimum atomic E-state index is -0.161. The standard InChI is InChI=1S/C17H16N4O2/c1-11-9-16(21-20-11)19-15-8-4-7-14(18-15)17(22)12-5-3-6-13(10-12)23-2/h3-10H,1-2H3,(H2,18,19,20,21). The number of carbonyl (C=O) groups is 1. The van der Waals surface area contributed by atoms with E-state index in [0.29, 0.717) is 28.6 Å². The molecular formula is C17H16N4O2. The fraction of sp³-hybridized carbons (Fsp3) is 0.118. The average molecular weight is 308 g/mol. The zero-order valence-electron chi connectivity index (χ0n) is 12.8. The molecule has 0 saturated heterocycles. The van der Waals surface area contributed by atoms with Gasteiger partial charge in [-0.3, -0.25) is 9.89 Å². The number of ketones is 1. The lowest BCUT2D eigenvalue weighted by Gasteiger charge is -2.06. The SMILES string of the molecule is COc1cccc(C(=O)c2cccc(Nc3cc(C)[nH]n3)n2)c1. The van der Waals surface area contributed by atoms with Gasteiger partial charge in [-0.05, 0) is 31.2 Å². The van der Waals surface area contributed by atoms with Crippen molar-refractivity contribution in [1.82, 2.24) is 15.2 Å². The molecule has 6 heteroatoms. The predicted octanol–water partition coefficient (Wildman–Crippen LogP) is 3.10. The van der Waals surface area contributed by atoms with Crippen molar-refractivity contribution < 1.29 is 9.53 Å². The number of carbonyl (C=O) groups excluding carboxylic acids is 1. The van der Waals surface area contributed by atoms with E-state index in [1.807, 2.05) is 13.0 Å². The van der Waals surface area contributed by atoms with Crippen LogP contribution in [0.15, 0.2) is 48.5 Å². The van der Waals surface area contributed by atoms with Crippen molar-refractivity contribution in [3.05, 3.63) is 65.5 Å². The molecule has 2 heterocycles. The van der Waals surface area contributed by atoms with Gasteiger partial charge in [0.1, 0.15) is 17.3 Å². The summed E-state index contributed by atoms with van der Waals surface area (Å²) in [5.74, 6) is 1.69. The van der Waals surface area contributed by atoms with Gasteiger partial charge in [-0.1, -0.05) is 18.2 Å². The molecule has 2 aromatic heterocycles. The molecule has 0 aliphatic carbocycles. The molecule has 0 spiro atoms. The van der Waals surface area contributed by atoms with Crippen molar-refractivity contribution in [2.45, 2.75) is 6.92 Å². The van der Waals surface area contributed by atoms with Gasteiger partial charge in [-0.15, -0.1) is 0 Å². The molecule has 1 aromatic carbocycles. The zero-order chi connectivity index (χ0) is 16.2. The molecular weight excluding hydrogens is 292 g/mol. The number of aryl methyl sites for hydroxylation is 1. The second-order valence-electron chi connectivity index (χ2n) is 5.03. The number of benzene rings is 1. The molecule has 0 aliphatic heterocycles. The van der Waals surface area contributed by atoms with Gasteiger partial charge in [0.2, 0.25) is 5.78 Å². The summed E-state index contributed by atoms with van der Waals surface area (Å²) in [5, 5.41) is 10.00. The number of anilines is 2. The molecule has 23 heavy (non-hydrogen) atoms. The number of aromatic nitrogens is 3. The predicted molar refractivity (Wildman–Crippen MR) is 87.3 cm³/mol. The average Bonchev–Trinajstić information content (AvgIpc) is 2.99. The van der Waals surface area contributed by atoms with Gasteiger partial charge < -0.3 is 10.1 Å². The van der Waals surface area contributed by atoms with Crippen LogP contribution in [0.4, 0.5) is 11.6 Å². The van der Waals surface area contributed by atoms with Crippen molar-refractivity contribution in [2.24, 2.45) is 0 Å². The van der Waals surface area contributed by atoms with Crippen LogP contribution in [0.5, 0.6) is 5.75 Å². The third kappa shape index (κ3) is 3.37. The topological polar surface area (TPSA) is 79.9 Å². The second-order valence-corrected chi connectivity index (χ2v) is 5.03. The summed E-state index contributed by atoms with van der Waals surface area (Å²) in [4.78, 5) is 16.9. The maximum Gasteiger partial charge on any atom is 0.211 e. The Bertz CT molecular complexity index is 842. The molecule has 116 valence electrons. The third-order valence-electron chi connectivity index (χ3n) is 3.28. The van der Waals surface area contributed by atoms with Gasteiger partial charge in [-0.2, -0.15) is 5.10 Å². The van der Waals surface area contributed by atoms with E-state index in [-0.39, 0.29) is 5.78 Å². The fourth-order valence-corrected chi connectivity index (χ4v) is 2.16. The Balaban J connectivity index is 1.85. The van der Waals surface area contributed by atoms with Crippen LogP contribution in [0, 0.1) is 6.92 Å². The first-order valence-electron chi connectivity index (χ1n) is 7.10.